The maximum atomic E-state index is 11.3. The van der Waals surface area contributed by atoms with Gasteiger partial charge in [-0.2, -0.15) is 0 Å². The predicted octanol–water partition coefficient (Wildman–Crippen LogP) is 2.14. The van der Waals surface area contributed by atoms with Crippen LogP contribution in [-0.4, -0.2) is 30.9 Å². The van der Waals surface area contributed by atoms with Crippen molar-refractivity contribution in [2.75, 3.05) is 0 Å². The molecule has 11 heteroatoms. The van der Waals surface area contributed by atoms with Crippen LogP contribution in [0.4, 0.5) is 11.4 Å². The van der Waals surface area contributed by atoms with Gasteiger partial charge < -0.3 is 5.11 Å². The number of hydrogen-bond donors (Lipinski definition) is 1. The summed E-state index contributed by atoms with van der Waals surface area (Å²) in [7, 11) is 0. The molecule has 2 aromatic rings. The molecule has 1 aromatic heterocycles. The highest BCUT2D eigenvalue weighted by Crippen LogP contribution is 2.38. The molecule has 0 fully saturated rings. The molecule has 0 radical (unpaired) electrons. The van der Waals surface area contributed by atoms with E-state index in [9.17, 15) is 25.0 Å². The quantitative estimate of drug-likeness (QED) is 0.496. The van der Waals surface area contributed by atoms with E-state index in [2.05, 4.69) is 9.97 Å². The van der Waals surface area contributed by atoms with Gasteiger partial charge in [-0.3, -0.25) is 20.2 Å². The second kappa shape index (κ2) is 6.13. The Morgan fingerprint density at radius 1 is 1.14 bits per heavy atom. The zero-order chi connectivity index (χ0) is 16.3. The molecule has 0 spiro atoms. The SMILES string of the molecule is O=C(O)c1cc([N+](=O)[O-])cc([N+](=O)[O-])c1Sc1ncccn1. The number of nitrogens with zero attached hydrogens (tertiary/aromatic N) is 4. The van der Waals surface area contributed by atoms with E-state index in [1.54, 1.807) is 0 Å². The van der Waals surface area contributed by atoms with Crippen molar-refractivity contribution in [2.45, 2.75) is 10.1 Å². The zero-order valence-electron chi connectivity index (χ0n) is 10.6. The number of rotatable bonds is 5. The minimum absolute atomic E-state index is 0.0851. The number of non-ortho nitro benzene ring substituents is 1. The van der Waals surface area contributed by atoms with Crippen molar-refractivity contribution in [3.63, 3.8) is 0 Å². The lowest BCUT2D eigenvalue weighted by molar-refractivity contribution is -0.396. The molecule has 112 valence electrons. The van der Waals surface area contributed by atoms with Crippen LogP contribution in [0.25, 0.3) is 0 Å². The van der Waals surface area contributed by atoms with E-state index < -0.39 is 32.8 Å². The highest BCUT2D eigenvalue weighted by atomic mass is 32.2. The number of aromatic carboxylic acids is 1. The first kappa shape index (κ1) is 15.3. The molecular weight excluding hydrogens is 316 g/mol. The summed E-state index contributed by atoms with van der Waals surface area (Å²) in [6.07, 6.45) is 2.76. The Morgan fingerprint density at radius 3 is 2.27 bits per heavy atom. The summed E-state index contributed by atoms with van der Waals surface area (Å²) in [4.78, 5) is 38.8. The molecule has 0 atom stereocenters. The lowest BCUT2D eigenvalue weighted by atomic mass is 10.1. The van der Waals surface area contributed by atoms with Crippen LogP contribution in [0.15, 0.2) is 40.6 Å². The third-order valence-corrected chi connectivity index (χ3v) is 3.45. The predicted molar refractivity (Wildman–Crippen MR) is 72.9 cm³/mol. The van der Waals surface area contributed by atoms with Gasteiger partial charge in [-0.05, 0) is 17.8 Å². The fourth-order valence-corrected chi connectivity index (χ4v) is 2.44. The molecular formula is C11H6N4O6S. The van der Waals surface area contributed by atoms with Crippen LogP contribution in [-0.2, 0) is 0 Å². The van der Waals surface area contributed by atoms with Gasteiger partial charge >= 0.3 is 5.97 Å². The first-order valence-electron chi connectivity index (χ1n) is 5.55. The van der Waals surface area contributed by atoms with Crippen LogP contribution in [0.1, 0.15) is 10.4 Å². The van der Waals surface area contributed by atoms with Crippen LogP contribution >= 0.6 is 11.8 Å². The van der Waals surface area contributed by atoms with E-state index in [0.717, 1.165) is 6.07 Å². The molecule has 0 saturated heterocycles. The number of hydrogen-bond acceptors (Lipinski definition) is 8. The number of nitro benzene ring substituents is 2. The lowest BCUT2D eigenvalue weighted by Gasteiger charge is -2.05. The Balaban J connectivity index is 2.66. The van der Waals surface area contributed by atoms with Gasteiger partial charge in [-0.1, -0.05) is 0 Å². The Bertz CT molecular complexity index is 731. The maximum Gasteiger partial charge on any atom is 0.337 e. The van der Waals surface area contributed by atoms with Crippen LogP contribution in [0.5, 0.6) is 0 Å². The standard InChI is InChI=1S/C11H6N4O6S/c16-10(17)7-4-6(14(18)19)5-8(15(20)21)9(7)22-11-12-2-1-3-13-11/h1-5H,(H,16,17). The van der Waals surface area contributed by atoms with E-state index >= 15 is 0 Å². The van der Waals surface area contributed by atoms with Gasteiger partial charge in [0, 0.05) is 18.5 Å². The second-order valence-corrected chi connectivity index (χ2v) is 4.77. The summed E-state index contributed by atoms with van der Waals surface area (Å²) in [5, 5.41) is 31.1. The number of carboxylic acids is 1. The Morgan fingerprint density at radius 2 is 1.77 bits per heavy atom. The number of aromatic nitrogens is 2. The van der Waals surface area contributed by atoms with Crippen molar-refractivity contribution in [1.29, 1.82) is 0 Å². The molecule has 0 bridgehead atoms. The molecule has 10 nitrogen and oxygen atoms in total. The average molecular weight is 322 g/mol. The van der Waals surface area contributed by atoms with Gasteiger partial charge in [-0.15, -0.1) is 0 Å². The van der Waals surface area contributed by atoms with Crippen molar-refractivity contribution >= 4 is 29.1 Å². The van der Waals surface area contributed by atoms with E-state index in [-0.39, 0.29) is 10.1 Å². The van der Waals surface area contributed by atoms with Crippen molar-refractivity contribution in [1.82, 2.24) is 9.97 Å². The smallest absolute Gasteiger partial charge is 0.337 e. The monoisotopic (exact) mass is 322 g/mol. The lowest BCUT2D eigenvalue weighted by Crippen LogP contribution is -2.05. The van der Waals surface area contributed by atoms with Crippen molar-refractivity contribution in [3.8, 4) is 0 Å². The summed E-state index contributed by atoms with van der Waals surface area (Å²) in [5.74, 6) is -1.52. The largest absolute Gasteiger partial charge is 0.478 e. The van der Waals surface area contributed by atoms with Crippen molar-refractivity contribution in [3.05, 3.63) is 56.4 Å². The molecule has 0 amide bonds. The number of nitro groups is 2. The van der Waals surface area contributed by atoms with Gasteiger partial charge in [0.25, 0.3) is 11.4 Å². The topological polar surface area (TPSA) is 149 Å². The molecule has 1 heterocycles. The Hall–Kier alpha value is -3.08. The number of benzene rings is 1. The third kappa shape index (κ3) is 3.15. The minimum Gasteiger partial charge on any atom is -0.478 e. The summed E-state index contributed by atoms with van der Waals surface area (Å²) in [6, 6.07) is 2.99. The first-order chi connectivity index (χ1) is 10.4. The molecule has 1 aromatic carbocycles. The Kier molecular flexibility index (Phi) is 4.27. The van der Waals surface area contributed by atoms with Crippen LogP contribution in [0.3, 0.4) is 0 Å². The highest BCUT2D eigenvalue weighted by molar-refractivity contribution is 7.99. The van der Waals surface area contributed by atoms with E-state index in [1.807, 2.05) is 0 Å². The van der Waals surface area contributed by atoms with Gasteiger partial charge in [0.15, 0.2) is 5.16 Å². The van der Waals surface area contributed by atoms with E-state index in [1.165, 1.54) is 18.5 Å². The van der Waals surface area contributed by atoms with Crippen molar-refractivity contribution < 1.29 is 19.7 Å². The summed E-state index contributed by atoms with van der Waals surface area (Å²) >= 11 is 0.651. The number of carboxylic acid groups (broad SMARTS) is 1. The van der Waals surface area contributed by atoms with Crippen LogP contribution < -0.4 is 0 Å². The first-order valence-corrected chi connectivity index (χ1v) is 6.36. The Labute approximate surface area is 126 Å². The molecule has 0 aliphatic heterocycles. The third-order valence-electron chi connectivity index (χ3n) is 2.43. The normalized spacial score (nSPS) is 10.2. The molecule has 22 heavy (non-hydrogen) atoms. The van der Waals surface area contributed by atoms with Crippen LogP contribution in [0, 0.1) is 20.2 Å². The number of carbonyl (C=O) groups is 1. The summed E-state index contributed by atoms with van der Waals surface area (Å²) in [5.41, 5.74) is -1.93. The summed E-state index contributed by atoms with van der Waals surface area (Å²) < 4.78 is 0. The highest BCUT2D eigenvalue weighted by Gasteiger charge is 2.28. The minimum atomic E-state index is -1.52. The molecule has 0 aliphatic rings. The average Bonchev–Trinajstić information content (AvgIpc) is 2.47. The molecule has 1 N–H and O–H groups in total. The second-order valence-electron chi connectivity index (χ2n) is 3.79. The van der Waals surface area contributed by atoms with Crippen LogP contribution in [0.2, 0.25) is 0 Å². The fraction of sp³-hybridized carbons (Fsp3) is 0. The fourth-order valence-electron chi connectivity index (χ4n) is 1.54. The van der Waals surface area contributed by atoms with Gasteiger partial charge in [0.1, 0.15) is 4.90 Å². The zero-order valence-corrected chi connectivity index (χ0v) is 11.4. The molecule has 0 unspecified atom stereocenters. The maximum absolute atomic E-state index is 11.3. The summed E-state index contributed by atoms with van der Waals surface area (Å²) in [6.45, 7) is 0. The van der Waals surface area contributed by atoms with E-state index in [4.69, 9.17) is 5.11 Å². The van der Waals surface area contributed by atoms with E-state index in [0.29, 0.717) is 17.8 Å². The molecule has 2 rings (SSSR count). The van der Waals surface area contributed by atoms with Crippen molar-refractivity contribution in [2.24, 2.45) is 0 Å². The molecule has 0 saturated carbocycles. The van der Waals surface area contributed by atoms with Gasteiger partial charge in [0.2, 0.25) is 0 Å². The molecule has 0 aliphatic carbocycles. The van der Waals surface area contributed by atoms with Gasteiger partial charge in [0.05, 0.1) is 21.5 Å². The van der Waals surface area contributed by atoms with Gasteiger partial charge in [-0.25, -0.2) is 14.8 Å².